The molecule has 0 fully saturated rings. The maximum atomic E-state index is 11.8. The van der Waals surface area contributed by atoms with Gasteiger partial charge in [-0.15, -0.1) is 0 Å². The van der Waals surface area contributed by atoms with Crippen molar-refractivity contribution in [3.63, 3.8) is 0 Å². The van der Waals surface area contributed by atoms with E-state index in [0.717, 1.165) is 11.1 Å². The molecule has 0 aliphatic carbocycles. The van der Waals surface area contributed by atoms with Crippen molar-refractivity contribution in [3.05, 3.63) is 29.3 Å². The Morgan fingerprint density at radius 1 is 1.37 bits per heavy atom. The highest BCUT2D eigenvalue weighted by Gasteiger charge is 2.18. The van der Waals surface area contributed by atoms with Gasteiger partial charge < -0.3 is 4.74 Å². The van der Waals surface area contributed by atoms with Crippen LogP contribution in [0.5, 0.6) is 0 Å². The highest BCUT2D eigenvalue weighted by atomic mass is 32.2. The largest absolute Gasteiger partial charge is 0.460 e. The van der Waals surface area contributed by atoms with Crippen molar-refractivity contribution in [1.82, 2.24) is 0 Å². The Kier molecular flexibility index (Phi) is 4.40. The van der Waals surface area contributed by atoms with Crippen molar-refractivity contribution in [3.8, 4) is 0 Å². The highest BCUT2D eigenvalue weighted by molar-refractivity contribution is 7.91. The van der Waals surface area contributed by atoms with Gasteiger partial charge in [0.15, 0.2) is 0 Å². The molecule has 0 heterocycles. The van der Waals surface area contributed by atoms with E-state index < -0.39 is 15.3 Å². The van der Waals surface area contributed by atoms with Crippen molar-refractivity contribution in [1.29, 1.82) is 4.78 Å². The monoisotopic (exact) mass is 283 g/mol. The molecule has 0 aromatic heterocycles. The second-order valence-electron chi connectivity index (χ2n) is 5.65. The Hall–Kier alpha value is -1.36. The van der Waals surface area contributed by atoms with Crippen LogP contribution in [-0.4, -0.2) is 22.0 Å². The topological polar surface area (TPSA) is 67.2 Å². The molecule has 5 heteroatoms. The van der Waals surface area contributed by atoms with E-state index in [-0.39, 0.29) is 12.4 Å². The molecule has 0 radical (unpaired) electrons. The second-order valence-corrected chi connectivity index (χ2v) is 7.77. The third kappa shape index (κ3) is 4.67. The maximum absolute atomic E-state index is 11.8. The van der Waals surface area contributed by atoms with Crippen LogP contribution >= 0.6 is 0 Å². The SMILES string of the molecule is Cc1c(CC(=O)OC(C)(C)C)cccc1S(C)(=N)=O. The average molecular weight is 283 g/mol. The number of benzene rings is 1. The third-order valence-corrected chi connectivity index (χ3v) is 3.85. The van der Waals surface area contributed by atoms with Gasteiger partial charge in [-0.3, -0.25) is 4.79 Å². The number of nitrogens with one attached hydrogen (secondary N) is 1. The molecule has 0 saturated carbocycles. The van der Waals surface area contributed by atoms with E-state index in [1.807, 2.05) is 20.8 Å². The molecule has 0 saturated heterocycles. The Morgan fingerprint density at radius 3 is 2.42 bits per heavy atom. The van der Waals surface area contributed by atoms with Crippen LogP contribution in [0.2, 0.25) is 0 Å². The lowest BCUT2D eigenvalue weighted by molar-refractivity contribution is -0.153. The molecule has 1 rings (SSSR count). The van der Waals surface area contributed by atoms with E-state index in [1.165, 1.54) is 6.26 Å². The number of ether oxygens (including phenoxy) is 1. The van der Waals surface area contributed by atoms with Crippen molar-refractivity contribution >= 4 is 15.7 Å². The predicted molar refractivity (Wildman–Crippen MR) is 75.8 cm³/mol. The smallest absolute Gasteiger partial charge is 0.310 e. The number of hydrogen-bond acceptors (Lipinski definition) is 4. The molecule has 0 aliphatic heterocycles. The molecule has 1 atom stereocenters. The summed E-state index contributed by atoms with van der Waals surface area (Å²) in [5.41, 5.74) is 0.973. The number of hydrogen-bond donors (Lipinski definition) is 1. The van der Waals surface area contributed by atoms with Crippen LogP contribution in [0, 0.1) is 11.7 Å². The Morgan fingerprint density at radius 2 is 1.95 bits per heavy atom. The molecule has 0 bridgehead atoms. The van der Waals surface area contributed by atoms with Crippen LogP contribution < -0.4 is 0 Å². The van der Waals surface area contributed by atoms with Gasteiger partial charge in [0.25, 0.3) is 0 Å². The molecule has 0 spiro atoms. The normalized spacial score (nSPS) is 14.8. The Bertz CT molecular complexity index is 583. The standard InChI is InChI=1S/C14H21NO3S/c1-10-11(9-13(16)18-14(2,3)4)7-6-8-12(10)19(5,15)17/h6-8,15H,9H2,1-5H3. The maximum Gasteiger partial charge on any atom is 0.310 e. The van der Waals surface area contributed by atoms with Crippen LogP contribution in [-0.2, 0) is 25.7 Å². The Labute approximate surface area is 115 Å². The first-order chi connectivity index (χ1) is 8.50. The van der Waals surface area contributed by atoms with Gasteiger partial charge in [0.05, 0.1) is 21.0 Å². The molecule has 19 heavy (non-hydrogen) atoms. The molecule has 4 nitrogen and oxygen atoms in total. The molecule has 106 valence electrons. The van der Waals surface area contributed by atoms with Crippen molar-refractivity contribution in [2.45, 2.75) is 44.6 Å². The van der Waals surface area contributed by atoms with Gasteiger partial charge in [-0.05, 0) is 44.9 Å². The molecular formula is C14H21NO3S. The number of rotatable bonds is 3. The lowest BCUT2D eigenvalue weighted by Gasteiger charge is -2.20. The van der Waals surface area contributed by atoms with Gasteiger partial charge in [-0.2, -0.15) is 0 Å². The summed E-state index contributed by atoms with van der Waals surface area (Å²) in [6.07, 6.45) is 1.51. The van der Waals surface area contributed by atoms with Gasteiger partial charge in [0.1, 0.15) is 5.60 Å². The lowest BCUT2D eigenvalue weighted by atomic mass is 10.1. The summed E-state index contributed by atoms with van der Waals surface area (Å²) < 4.78 is 24.7. The van der Waals surface area contributed by atoms with E-state index in [0.29, 0.717) is 4.90 Å². The minimum absolute atomic E-state index is 0.131. The highest BCUT2D eigenvalue weighted by Crippen LogP contribution is 2.20. The van der Waals surface area contributed by atoms with Crippen molar-refractivity contribution in [2.24, 2.45) is 0 Å². The first-order valence-corrected chi connectivity index (χ1v) is 8.01. The molecule has 1 N–H and O–H groups in total. The first kappa shape index (κ1) is 15.7. The summed E-state index contributed by atoms with van der Waals surface area (Å²) in [5, 5.41) is 0. The summed E-state index contributed by atoms with van der Waals surface area (Å²) in [4.78, 5) is 12.3. The number of esters is 1. The zero-order valence-corrected chi connectivity index (χ0v) is 12.9. The fourth-order valence-corrected chi connectivity index (χ4v) is 2.86. The number of carbonyl (C=O) groups is 1. The summed E-state index contributed by atoms with van der Waals surface area (Å²) in [6, 6.07) is 5.19. The van der Waals surface area contributed by atoms with Gasteiger partial charge in [0.2, 0.25) is 0 Å². The van der Waals surface area contributed by atoms with Crippen LogP contribution in [0.3, 0.4) is 0 Å². The summed E-state index contributed by atoms with van der Waals surface area (Å²) in [6.45, 7) is 7.23. The molecule has 1 aromatic carbocycles. The zero-order chi connectivity index (χ0) is 14.8. The van der Waals surface area contributed by atoms with Crippen molar-refractivity contribution < 1.29 is 13.7 Å². The minimum Gasteiger partial charge on any atom is -0.460 e. The number of carbonyl (C=O) groups excluding carboxylic acids is 1. The molecule has 1 aromatic rings. The summed E-state index contributed by atoms with van der Waals surface area (Å²) in [5.74, 6) is -0.319. The van der Waals surface area contributed by atoms with Gasteiger partial charge in [0, 0.05) is 6.26 Å². The average Bonchev–Trinajstić information content (AvgIpc) is 2.16. The second kappa shape index (κ2) is 5.33. The van der Waals surface area contributed by atoms with E-state index >= 15 is 0 Å². The van der Waals surface area contributed by atoms with Gasteiger partial charge in [-0.1, -0.05) is 12.1 Å². The fraction of sp³-hybridized carbons (Fsp3) is 0.500. The van der Waals surface area contributed by atoms with Crippen LogP contribution in [0.25, 0.3) is 0 Å². The van der Waals surface area contributed by atoms with E-state index in [1.54, 1.807) is 25.1 Å². The predicted octanol–water partition coefficient (Wildman–Crippen LogP) is 2.91. The lowest BCUT2D eigenvalue weighted by Crippen LogP contribution is -2.25. The Balaban J connectivity index is 3.01. The third-order valence-electron chi connectivity index (χ3n) is 2.57. The van der Waals surface area contributed by atoms with Crippen molar-refractivity contribution in [2.75, 3.05) is 6.26 Å². The molecule has 1 unspecified atom stereocenters. The molecule has 0 amide bonds. The van der Waals surface area contributed by atoms with Crippen LogP contribution in [0.1, 0.15) is 31.9 Å². The fourth-order valence-electron chi connectivity index (χ4n) is 1.81. The zero-order valence-electron chi connectivity index (χ0n) is 12.1. The summed E-state index contributed by atoms with van der Waals surface area (Å²) in [7, 11) is -2.78. The molecule has 0 aliphatic rings. The molecular weight excluding hydrogens is 262 g/mol. The van der Waals surface area contributed by atoms with Gasteiger partial charge in [-0.25, -0.2) is 8.99 Å². The van der Waals surface area contributed by atoms with E-state index in [2.05, 4.69) is 0 Å². The minimum atomic E-state index is -2.78. The van der Waals surface area contributed by atoms with Crippen LogP contribution in [0.4, 0.5) is 0 Å². The summed E-state index contributed by atoms with van der Waals surface area (Å²) >= 11 is 0. The van der Waals surface area contributed by atoms with E-state index in [9.17, 15) is 9.00 Å². The quantitative estimate of drug-likeness (QED) is 0.867. The van der Waals surface area contributed by atoms with Gasteiger partial charge >= 0.3 is 5.97 Å². The first-order valence-electron chi connectivity index (χ1n) is 6.05. The van der Waals surface area contributed by atoms with E-state index in [4.69, 9.17) is 9.52 Å². The van der Waals surface area contributed by atoms with Crippen LogP contribution in [0.15, 0.2) is 23.1 Å².